The number of nitrogens with one attached hydrogen (secondary N) is 3. The number of imidazole rings is 1. The Labute approximate surface area is 192 Å². The minimum absolute atomic E-state index is 0.240. The molecule has 4 heterocycles. The van der Waals surface area contributed by atoms with Crippen LogP contribution < -0.4 is 31.2 Å². The minimum Gasteiger partial charge on any atom is -0.493 e. The molecular formula is C23H23N7O4. The highest BCUT2D eigenvalue weighted by atomic mass is 16.5. The molecule has 1 aliphatic carbocycles. The van der Waals surface area contributed by atoms with Gasteiger partial charge in [0.15, 0.2) is 22.6 Å². The lowest BCUT2D eigenvalue weighted by Crippen LogP contribution is -2.20. The van der Waals surface area contributed by atoms with Crippen LogP contribution in [0.25, 0.3) is 11.7 Å². The van der Waals surface area contributed by atoms with Gasteiger partial charge in [-0.15, -0.1) is 0 Å². The van der Waals surface area contributed by atoms with E-state index in [1.54, 1.807) is 16.8 Å². The number of hydrogen-bond acceptors (Lipinski definition) is 8. The SMILES string of the molecule is O=c1[nH]c(O)c(/C=c2\cnn3c(=NC4CC4)cc(NCc4ccc5c(c4)OCCCO5)nc23)[nH]1. The number of aromatic nitrogens is 5. The van der Waals surface area contributed by atoms with Crippen molar-refractivity contribution in [3.63, 3.8) is 0 Å². The molecule has 3 aromatic heterocycles. The second-order valence-electron chi connectivity index (χ2n) is 8.37. The highest BCUT2D eigenvalue weighted by Crippen LogP contribution is 2.30. The van der Waals surface area contributed by atoms with E-state index in [4.69, 9.17) is 19.5 Å². The van der Waals surface area contributed by atoms with Crippen molar-refractivity contribution in [2.45, 2.75) is 31.8 Å². The topological polar surface area (TPSA) is 142 Å². The van der Waals surface area contributed by atoms with Crippen LogP contribution >= 0.6 is 0 Å². The van der Waals surface area contributed by atoms with Crippen molar-refractivity contribution in [1.82, 2.24) is 24.6 Å². The number of nitrogens with zero attached hydrogens (tertiary/aromatic N) is 4. The fourth-order valence-corrected chi connectivity index (χ4v) is 3.80. The van der Waals surface area contributed by atoms with Crippen molar-refractivity contribution in [2.75, 3.05) is 18.5 Å². The van der Waals surface area contributed by atoms with Crippen molar-refractivity contribution < 1.29 is 14.6 Å². The lowest BCUT2D eigenvalue weighted by Gasteiger charge is -2.11. The van der Waals surface area contributed by atoms with E-state index in [1.165, 1.54) is 0 Å². The van der Waals surface area contributed by atoms with Gasteiger partial charge in [-0.3, -0.25) is 9.98 Å². The van der Waals surface area contributed by atoms with E-state index in [0.717, 1.165) is 36.3 Å². The molecule has 0 spiro atoms. The number of fused-ring (bicyclic) bond motifs is 2. The normalized spacial score (nSPS) is 16.7. The molecule has 1 aromatic carbocycles. The summed E-state index contributed by atoms with van der Waals surface area (Å²) in [5, 5.41) is 18.4. The van der Waals surface area contributed by atoms with E-state index < -0.39 is 5.69 Å². The summed E-state index contributed by atoms with van der Waals surface area (Å²) in [4.78, 5) is 25.9. The first kappa shape index (κ1) is 20.3. The summed E-state index contributed by atoms with van der Waals surface area (Å²) in [6, 6.07) is 8.07. The van der Waals surface area contributed by atoms with Gasteiger partial charge < -0.3 is 24.9 Å². The van der Waals surface area contributed by atoms with Crippen LogP contribution in [0.1, 0.15) is 30.5 Å². The van der Waals surface area contributed by atoms with Crippen LogP contribution in [-0.2, 0) is 6.54 Å². The molecule has 0 bridgehead atoms. The van der Waals surface area contributed by atoms with Gasteiger partial charge in [0.1, 0.15) is 11.5 Å². The minimum atomic E-state index is -0.491. The quantitative estimate of drug-likeness (QED) is 0.345. The summed E-state index contributed by atoms with van der Waals surface area (Å²) in [7, 11) is 0. The van der Waals surface area contributed by atoms with Crippen LogP contribution in [0.2, 0.25) is 0 Å². The molecule has 1 fully saturated rings. The molecule has 2 aliphatic rings. The second-order valence-corrected chi connectivity index (χ2v) is 8.37. The Balaban J connectivity index is 1.36. The zero-order valence-corrected chi connectivity index (χ0v) is 18.2. The first-order valence-electron chi connectivity index (χ1n) is 11.2. The predicted octanol–water partition coefficient (Wildman–Crippen LogP) is 0.835. The summed E-state index contributed by atoms with van der Waals surface area (Å²) >= 11 is 0. The third-order valence-electron chi connectivity index (χ3n) is 5.66. The third kappa shape index (κ3) is 4.07. The van der Waals surface area contributed by atoms with Crippen LogP contribution in [0, 0.1) is 0 Å². The summed E-state index contributed by atoms with van der Waals surface area (Å²) in [5.74, 6) is 1.91. The number of ether oxygens (including phenoxy) is 2. The van der Waals surface area contributed by atoms with Gasteiger partial charge in [0.05, 0.1) is 25.5 Å². The van der Waals surface area contributed by atoms with Gasteiger partial charge in [-0.05, 0) is 36.6 Å². The highest BCUT2D eigenvalue weighted by Gasteiger charge is 2.20. The molecule has 0 unspecified atom stereocenters. The second kappa shape index (κ2) is 8.25. The Morgan fingerprint density at radius 3 is 2.85 bits per heavy atom. The van der Waals surface area contributed by atoms with Crippen LogP contribution in [0.4, 0.5) is 5.82 Å². The molecule has 6 rings (SSSR count). The lowest BCUT2D eigenvalue weighted by molar-refractivity contribution is 0.297. The Morgan fingerprint density at radius 1 is 1.21 bits per heavy atom. The Kier molecular flexibility index (Phi) is 4.93. The zero-order chi connectivity index (χ0) is 23.1. The smallest absolute Gasteiger partial charge is 0.326 e. The monoisotopic (exact) mass is 461 g/mol. The zero-order valence-electron chi connectivity index (χ0n) is 18.2. The van der Waals surface area contributed by atoms with Crippen LogP contribution in [0.15, 0.2) is 40.2 Å². The number of aromatic amines is 2. The molecule has 0 amide bonds. The summed E-state index contributed by atoms with van der Waals surface area (Å²) in [5.41, 5.74) is 2.05. The average Bonchev–Trinajstić information content (AvgIpc) is 3.53. The fraction of sp³-hybridized carbons (Fsp3) is 0.304. The van der Waals surface area contributed by atoms with Crippen molar-refractivity contribution in [3.8, 4) is 17.4 Å². The lowest BCUT2D eigenvalue weighted by atomic mass is 10.2. The maximum Gasteiger partial charge on any atom is 0.326 e. The third-order valence-corrected chi connectivity index (χ3v) is 5.66. The van der Waals surface area contributed by atoms with E-state index >= 15 is 0 Å². The standard InChI is InChI=1S/C23H23N7O4/c31-22-16(27-23(32)29-22)9-14-12-25-30-20(26-15-3-4-15)10-19(28-21(14)30)24-11-13-2-5-17-18(8-13)34-7-1-6-33-17/h2,5,8-10,12,15,24,31H,1,3-4,6-7,11H2,(H2,27,29,32)/b14-9+,26-20?. The van der Waals surface area contributed by atoms with Crippen LogP contribution in [0.3, 0.4) is 0 Å². The molecule has 174 valence electrons. The van der Waals surface area contributed by atoms with Gasteiger partial charge in [-0.1, -0.05) is 6.07 Å². The van der Waals surface area contributed by atoms with E-state index in [-0.39, 0.29) is 11.6 Å². The Morgan fingerprint density at radius 2 is 2.06 bits per heavy atom. The molecule has 0 atom stereocenters. The fourth-order valence-electron chi connectivity index (χ4n) is 3.80. The average molecular weight is 461 g/mol. The molecule has 4 N–H and O–H groups in total. The number of H-pyrrole nitrogens is 2. The van der Waals surface area contributed by atoms with Crippen molar-refractivity contribution in [3.05, 3.63) is 62.9 Å². The first-order chi connectivity index (χ1) is 16.6. The number of benzene rings is 1. The summed E-state index contributed by atoms with van der Waals surface area (Å²) in [6.45, 7) is 1.82. The van der Waals surface area contributed by atoms with Crippen molar-refractivity contribution in [1.29, 1.82) is 0 Å². The Bertz CT molecular complexity index is 1550. The largest absolute Gasteiger partial charge is 0.493 e. The molecule has 0 saturated heterocycles. The molecule has 1 saturated carbocycles. The molecule has 11 nitrogen and oxygen atoms in total. The number of hydrogen-bond donors (Lipinski definition) is 4. The van der Waals surface area contributed by atoms with Crippen molar-refractivity contribution in [2.24, 2.45) is 4.99 Å². The molecule has 0 radical (unpaired) electrons. The van der Waals surface area contributed by atoms with Gasteiger partial charge in [0.2, 0.25) is 5.88 Å². The molecule has 4 aromatic rings. The Hall–Kier alpha value is -4.28. The number of aromatic hydroxyl groups is 1. The number of rotatable bonds is 5. The van der Waals surface area contributed by atoms with Crippen molar-refractivity contribution >= 4 is 17.5 Å². The number of anilines is 1. The highest BCUT2D eigenvalue weighted by molar-refractivity contribution is 5.58. The van der Waals surface area contributed by atoms with Gasteiger partial charge in [-0.2, -0.15) is 9.61 Å². The molecule has 11 heteroatoms. The van der Waals surface area contributed by atoms with Gasteiger partial charge in [0.25, 0.3) is 0 Å². The van der Waals surface area contributed by atoms with Gasteiger partial charge >= 0.3 is 5.69 Å². The van der Waals surface area contributed by atoms with Gasteiger partial charge in [0, 0.05) is 24.3 Å². The molecule has 34 heavy (non-hydrogen) atoms. The van der Waals surface area contributed by atoms with Crippen LogP contribution in [0.5, 0.6) is 17.4 Å². The summed E-state index contributed by atoms with van der Waals surface area (Å²) < 4.78 is 13.2. The maximum atomic E-state index is 11.5. The van der Waals surface area contributed by atoms with E-state index in [0.29, 0.717) is 48.0 Å². The molecular weight excluding hydrogens is 438 g/mol. The predicted molar refractivity (Wildman–Crippen MR) is 123 cm³/mol. The van der Waals surface area contributed by atoms with Gasteiger partial charge in [-0.25, -0.2) is 9.78 Å². The molecule has 1 aliphatic heterocycles. The van der Waals surface area contributed by atoms with E-state index in [9.17, 15) is 9.90 Å². The van der Waals surface area contributed by atoms with E-state index in [1.807, 2.05) is 24.3 Å². The van der Waals surface area contributed by atoms with Crippen LogP contribution in [-0.4, -0.2) is 48.9 Å². The summed E-state index contributed by atoms with van der Waals surface area (Å²) in [6.07, 6.45) is 6.23. The van der Waals surface area contributed by atoms with E-state index in [2.05, 4.69) is 20.4 Å². The maximum absolute atomic E-state index is 11.5. The first-order valence-corrected chi connectivity index (χ1v) is 11.2.